The molecule has 0 saturated carbocycles. The molecule has 0 spiro atoms. The lowest BCUT2D eigenvalue weighted by Crippen LogP contribution is -2.13. The normalized spacial score (nSPS) is 10.5. The van der Waals surface area contributed by atoms with Crippen LogP contribution in [0.3, 0.4) is 0 Å². The Morgan fingerprint density at radius 1 is 1.14 bits per heavy atom. The van der Waals surface area contributed by atoms with E-state index in [2.05, 4.69) is 0 Å². The van der Waals surface area contributed by atoms with Gasteiger partial charge in [-0.1, -0.05) is 58.4 Å². The number of hydrogen-bond acceptors (Lipinski definition) is 0. The SMILES string of the molecule is CC.CC(C)(C)c1cccc(Cl)c1F. The van der Waals surface area contributed by atoms with Crippen LogP contribution in [0.15, 0.2) is 18.2 Å². The van der Waals surface area contributed by atoms with Crippen LogP contribution in [0, 0.1) is 5.82 Å². The largest absolute Gasteiger partial charge is 0.205 e. The second-order valence-electron chi connectivity index (χ2n) is 3.85. The molecule has 2 heteroatoms. The van der Waals surface area contributed by atoms with Crippen LogP contribution in [0.2, 0.25) is 5.02 Å². The highest BCUT2D eigenvalue weighted by atomic mass is 35.5. The highest BCUT2D eigenvalue weighted by molar-refractivity contribution is 6.30. The molecule has 0 aliphatic rings. The Hall–Kier alpha value is -0.560. The molecular formula is C12H18ClF. The fraction of sp³-hybridized carbons (Fsp3) is 0.500. The molecular weight excluding hydrogens is 199 g/mol. The van der Waals surface area contributed by atoms with E-state index in [9.17, 15) is 4.39 Å². The number of halogens is 2. The van der Waals surface area contributed by atoms with E-state index in [1.165, 1.54) is 0 Å². The van der Waals surface area contributed by atoms with E-state index in [4.69, 9.17) is 11.6 Å². The Morgan fingerprint density at radius 2 is 1.64 bits per heavy atom. The van der Waals surface area contributed by atoms with Gasteiger partial charge in [0.15, 0.2) is 0 Å². The lowest BCUT2D eigenvalue weighted by molar-refractivity contribution is 0.523. The van der Waals surface area contributed by atoms with Crippen molar-refractivity contribution in [3.63, 3.8) is 0 Å². The summed E-state index contributed by atoms with van der Waals surface area (Å²) in [6, 6.07) is 5.10. The van der Waals surface area contributed by atoms with Crippen molar-refractivity contribution < 1.29 is 4.39 Å². The maximum absolute atomic E-state index is 13.4. The minimum Gasteiger partial charge on any atom is -0.205 e. The molecule has 0 N–H and O–H groups in total. The molecule has 0 amide bonds. The van der Waals surface area contributed by atoms with Gasteiger partial charge in [-0.15, -0.1) is 0 Å². The number of benzene rings is 1. The average Bonchev–Trinajstić information content (AvgIpc) is 2.11. The van der Waals surface area contributed by atoms with Gasteiger partial charge in [0.25, 0.3) is 0 Å². The molecule has 1 rings (SSSR count). The van der Waals surface area contributed by atoms with Gasteiger partial charge in [0.05, 0.1) is 5.02 Å². The van der Waals surface area contributed by atoms with Crippen LogP contribution in [-0.4, -0.2) is 0 Å². The monoisotopic (exact) mass is 216 g/mol. The van der Waals surface area contributed by atoms with Gasteiger partial charge < -0.3 is 0 Å². The summed E-state index contributed by atoms with van der Waals surface area (Å²) in [4.78, 5) is 0. The third-order valence-corrected chi connectivity index (χ3v) is 2.05. The molecule has 0 saturated heterocycles. The van der Waals surface area contributed by atoms with Gasteiger partial charge >= 0.3 is 0 Å². The molecule has 0 heterocycles. The summed E-state index contributed by atoms with van der Waals surface area (Å²) in [5, 5.41) is 0.197. The smallest absolute Gasteiger partial charge is 0.145 e. The van der Waals surface area contributed by atoms with E-state index in [1.807, 2.05) is 34.6 Å². The van der Waals surface area contributed by atoms with Crippen LogP contribution < -0.4 is 0 Å². The first-order valence-electron chi connectivity index (χ1n) is 4.87. The van der Waals surface area contributed by atoms with E-state index in [0.717, 1.165) is 0 Å². The summed E-state index contributed by atoms with van der Waals surface area (Å²) in [6.07, 6.45) is 0. The van der Waals surface area contributed by atoms with Crippen molar-refractivity contribution >= 4 is 11.6 Å². The van der Waals surface area contributed by atoms with Crippen molar-refractivity contribution in [2.24, 2.45) is 0 Å². The standard InChI is InChI=1S/C10H12ClF.C2H6/c1-10(2,3)7-5-4-6-8(11)9(7)12;1-2/h4-6H,1-3H3;1-2H3. The van der Waals surface area contributed by atoms with Crippen molar-refractivity contribution in [1.29, 1.82) is 0 Å². The molecule has 14 heavy (non-hydrogen) atoms. The summed E-state index contributed by atoms with van der Waals surface area (Å²) < 4.78 is 13.4. The maximum Gasteiger partial charge on any atom is 0.145 e. The zero-order valence-corrected chi connectivity index (χ0v) is 10.2. The van der Waals surface area contributed by atoms with Crippen molar-refractivity contribution in [3.05, 3.63) is 34.6 Å². The van der Waals surface area contributed by atoms with E-state index in [1.54, 1.807) is 18.2 Å². The molecule has 0 aromatic heterocycles. The van der Waals surface area contributed by atoms with Crippen molar-refractivity contribution in [2.45, 2.75) is 40.0 Å². The zero-order chi connectivity index (χ0) is 11.4. The van der Waals surface area contributed by atoms with E-state index >= 15 is 0 Å². The molecule has 0 atom stereocenters. The summed E-state index contributed by atoms with van der Waals surface area (Å²) in [5.41, 5.74) is 0.477. The Balaban J connectivity index is 0.000000791. The zero-order valence-electron chi connectivity index (χ0n) is 9.49. The maximum atomic E-state index is 13.4. The summed E-state index contributed by atoms with van der Waals surface area (Å²) >= 11 is 5.64. The Bertz CT molecular complexity index is 287. The van der Waals surface area contributed by atoms with Gasteiger partial charge in [-0.25, -0.2) is 4.39 Å². The third-order valence-electron chi connectivity index (χ3n) is 1.76. The van der Waals surface area contributed by atoms with Gasteiger partial charge in [-0.2, -0.15) is 0 Å². The first kappa shape index (κ1) is 13.4. The Labute approximate surface area is 91.1 Å². The molecule has 1 aromatic carbocycles. The van der Waals surface area contributed by atoms with Crippen LogP contribution in [-0.2, 0) is 5.41 Å². The molecule has 0 nitrogen and oxygen atoms in total. The number of hydrogen-bond donors (Lipinski definition) is 0. The second-order valence-corrected chi connectivity index (χ2v) is 4.26. The minimum atomic E-state index is -0.299. The Kier molecular flexibility index (Phi) is 5.14. The molecule has 1 aromatic rings. The van der Waals surface area contributed by atoms with Gasteiger partial charge in [-0.05, 0) is 17.0 Å². The minimum absolute atomic E-state index is 0.186. The quantitative estimate of drug-likeness (QED) is 0.584. The molecule has 0 unspecified atom stereocenters. The molecule has 0 bridgehead atoms. The van der Waals surface area contributed by atoms with Crippen molar-refractivity contribution in [3.8, 4) is 0 Å². The summed E-state index contributed by atoms with van der Waals surface area (Å²) in [6.45, 7) is 9.88. The van der Waals surface area contributed by atoms with Crippen LogP contribution in [0.25, 0.3) is 0 Å². The molecule has 80 valence electrons. The highest BCUT2D eigenvalue weighted by Gasteiger charge is 2.19. The summed E-state index contributed by atoms with van der Waals surface area (Å²) in [7, 11) is 0. The lowest BCUT2D eigenvalue weighted by Gasteiger charge is -2.19. The van der Waals surface area contributed by atoms with Gasteiger partial charge in [-0.3, -0.25) is 0 Å². The first-order valence-corrected chi connectivity index (χ1v) is 5.25. The highest BCUT2D eigenvalue weighted by Crippen LogP contribution is 2.28. The van der Waals surface area contributed by atoms with E-state index < -0.39 is 0 Å². The van der Waals surface area contributed by atoms with Crippen LogP contribution in [0.5, 0.6) is 0 Å². The van der Waals surface area contributed by atoms with Gasteiger partial charge in [0.2, 0.25) is 0 Å². The van der Waals surface area contributed by atoms with Crippen molar-refractivity contribution in [1.82, 2.24) is 0 Å². The fourth-order valence-corrected chi connectivity index (χ4v) is 1.26. The third kappa shape index (κ3) is 3.30. The average molecular weight is 217 g/mol. The fourth-order valence-electron chi connectivity index (χ4n) is 1.08. The van der Waals surface area contributed by atoms with Crippen LogP contribution >= 0.6 is 11.6 Å². The molecule has 0 aliphatic heterocycles. The second kappa shape index (κ2) is 5.35. The number of rotatable bonds is 0. The topological polar surface area (TPSA) is 0 Å². The van der Waals surface area contributed by atoms with Gasteiger partial charge in [0, 0.05) is 0 Å². The van der Waals surface area contributed by atoms with Crippen molar-refractivity contribution in [2.75, 3.05) is 0 Å². The first-order chi connectivity index (χ1) is 6.43. The molecule has 0 radical (unpaired) electrons. The molecule has 0 aliphatic carbocycles. The lowest BCUT2D eigenvalue weighted by atomic mass is 9.87. The van der Waals surface area contributed by atoms with E-state index in [-0.39, 0.29) is 16.3 Å². The predicted molar refractivity (Wildman–Crippen MR) is 61.5 cm³/mol. The summed E-state index contributed by atoms with van der Waals surface area (Å²) in [5.74, 6) is -0.299. The van der Waals surface area contributed by atoms with E-state index in [0.29, 0.717) is 5.56 Å². The Morgan fingerprint density at radius 3 is 2.00 bits per heavy atom. The van der Waals surface area contributed by atoms with Crippen LogP contribution in [0.4, 0.5) is 4.39 Å². The van der Waals surface area contributed by atoms with Crippen LogP contribution in [0.1, 0.15) is 40.2 Å². The predicted octanol–water partition coefficient (Wildman–Crippen LogP) is 4.80. The molecule has 0 fully saturated rings. The van der Waals surface area contributed by atoms with Gasteiger partial charge in [0.1, 0.15) is 5.82 Å².